The second kappa shape index (κ2) is 9.77. The number of esters is 1. The zero-order valence-corrected chi connectivity index (χ0v) is 17.7. The molecule has 1 heterocycles. The number of ketones is 1. The number of hydrogen-bond donors (Lipinski definition) is 0. The second-order valence-electron chi connectivity index (χ2n) is 5.93. The van der Waals surface area contributed by atoms with Gasteiger partial charge in [0.2, 0.25) is 15.8 Å². The zero-order valence-electron chi connectivity index (χ0n) is 16.0. The van der Waals surface area contributed by atoms with E-state index in [0.717, 1.165) is 4.88 Å². The Morgan fingerprint density at radius 3 is 2.25 bits per heavy atom. The summed E-state index contributed by atoms with van der Waals surface area (Å²) < 4.78 is 31.2. The van der Waals surface area contributed by atoms with E-state index in [2.05, 4.69) is 0 Å². The van der Waals surface area contributed by atoms with E-state index >= 15 is 0 Å². The lowest BCUT2D eigenvalue weighted by Crippen LogP contribution is -2.30. The van der Waals surface area contributed by atoms with Crippen molar-refractivity contribution in [2.45, 2.75) is 25.7 Å². The van der Waals surface area contributed by atoms with Crippen LogP contribution in [0.3, 0.4) is 0 Å². The summed E-state index contributed by atoms with van der Waals surface area (Å²) in [6.45, 7) is 5.95. The zero-order chi connectivity index (χ0) is 20.7. The molecule has 0 aliphatic heterocycles. The Bertz CT molecular complexity index is 955. The van der Waals surface area contributed by atoms with Crippen molar-refractivity contribution >= 4 is 39.2 Å². The van der Waals surface area contributed by atoms with Crippen LogP contribution in [0.4, 0.5) is 0 Å². The van der Waals surface area contributed by atoms with Crippen LogP contribution in [0.1, 0.15) is 34.0 Å². The molecule has 0 fully saturated rings. The van der Waals surface area contributed by atoms with Crippen LogP contribution in [0.15, 0.2) is 47.4 Å². The Hall–Kier alpha value is -2.29. The van der Waals surface area contributed by atoms with Gasteiger partial charge in [0.25, 0.3) is 0 Å². The van der Waals surface area contributed by atoms with E-state index in [1.54, 1.807) is 32.0 Å². The highest BCUT2D eigenvalue weighted by Gasteiger charge is 2.20. The van der Waals surface area contributed by atoms with Gasteiger partial charge in [0, 0.05) is 24.0 Å². The van der Waals surface area contributed by atoms with Gasteiger partial charge in [-0.3, -0.25) is 4.79 Å². The van der Waals surface area contributed by atoms with Crippen LogP contribution in [0.2, 0.25) is 0 Å². The maximum atomic E-state index is 12.4. The number of Topliss-reactive ketones (excluding diaryl/α,β-unsaturated/α-hetero) is 1. The van der Waals surface area contributed by atoms with Crippen LogP contribution in [-0.2, 0) is 19.6 Å². The molecule has 0 saturated heterocycles. The van der Waals surface area contributed by atoms with Crippen LogP contribution in [0.5, 0.6) is 0 Å². The highest BCUT2D eigenvalue weighted by atomic mass is 32.2. The van der Waals surface area contributed by atoms with Crippen molar-refractivity contribution in [2.24, 2.45) is 0 Å². The average Bonchev–Trinajstić information content (AvgIpc) is 3.12. The van der Waals surface area contributed by atoms with Crippen molar-refractivity contribution < 1.29 is 22.7 Å². The Morgan fingerprint density at radius 2 is 1.71 bits per heavy atom. The largest absolute Gasteiger partial charge is 0.454 e. The third kappa shape index (κ3) is 5.60. The normalized spacial score (nSPS) is 11.9. The summed E-state index contributed by atoms with van der Waals surface area (Å²) in [6.07, 6.45) is 2.72. The monoisotopic (exact) mass is 421 g/mol. The first kappa shape index (κ1) is 22.0. The van der Waals surface area contributed by atoms with Crippen molar-refractivity contribution in [3.05, 3.63) is 57.8 Å². The van der Waals surface area contributed by atoms with Gasteiger partial charge in [0.1, 0.15) is 0 Å². The van der Waals surface area contributed by atoms with Crippen LogP contribution in [-0.4, -0.2) is 44.2 Å². The standard InChI is InChI=1S/C20H23NO5S2/c1-4-21(5-2)28(24,25)17-10-7-16(8-11-17)9-13-20(23)26-14-18(22)19-12-6-15(3)27-19/h6-13H,4-5,14H2,1-3H3/b13-9+. The summed E-state index contributed by atoms with van der Waals surface area (Å²) in [6, 6.07) is 9.77. The highest BCUT2D eigenvalue weighted by Crippen LogP contribution is 2.17. The van der Waals surface area contributed by atoms with E-state index in [4.69, 9.17) is 4.74 Å². The maximum Gasteiger partial charge on any atom is 0.331 e. The van der Waals surface area contributed by atoms with Gasteiger partial charge in [-0.1, -0.05) is 26.0 Å². The Kier molecular flexibility index (Phi) is 7.68. The minimum Gasteiger partial charge on any atom is -0.454 e. The van der Waals surface area contributed by atoms with Gasteiger partial charge in [0.05, 0.1) is 9.77 Å². The minimum atomic E-state index is -3.51. The number of carbonyl (C=O) groups is 2. The maximum absolute atomic E-state index is 12.4. The number of rotatable bonds is 9. The molecule has 0 spiro atoms. The lowest BCUT2D eigenvalue weighted by Gasteiger charge is -2.18. The Labute approximate surface area is 169 Å². The van der Waals surface area contributed by atoms with E-state index in [0.29, 0.717) is 23.5 Å². The van der Waals surface area contributed by atoms with E-state index in [-0.39, 0.29) is 17.3 Å². The first-order valence-electron chi connectivity index (χ1n) is 8.82. The number of ether oxygens (including phenoxy) is 1. The fraction of sp³-hybridized carbons (Fsp3) is 0.300. The number of sulfonamides is 1. The summed E-state index contributed by atoms with van der Waals surface area (Å²) in [5, 5.41) is 0. The van der Waals surface area contributed by atoms with Crippen molar-refractivity contribution in [3.8, 4) is 0 Å². The molecule has 0 radical (unpaired) electrons. The number of aryl methyl sites for hydroxylation is 1. The molecule has 28 heavy (non-hydrogen) atoms. The third-order valence-corrected chi connectivity index (χ3v) is 7.10. The third-order valence-electron chi connectivity index (χ3n) is 4.00. The van der Waals surface area contributed by atoms with Crippen LogP contribution < -0.4 is 0 Å². The van der Waals surface area contributed by atoms with Crippen molar-refractivity contribution in [2.75, 3.05) is 19.7 Å². The number of thiophene rings is 1. The molecule has 0 aliphatic carbocycles. The van der Waals surface area contributed by atoms with E-state index < -0.39 is 16.0 Å². The predicted octanol–water partition coefficient (Wildman–Crippen LogP) is 3.53. The number of benzene rings is 1. The van der Waals surface area contributed by atoms with Crippen LogP contribution in [0.25, 0.3) is 6.08 Å². The van der Waals surface area contributed by atoms with Gasteiger partial charge in [-0.15, -0.1) is 11.3 Å². The van der Waals surface area contributed by atoms with Gasteiger partial charge < -0.3 is 4.74 Å². The molecular formula is C20H23NO5S2. The topological polar surface area (TPSA) is 80.8 Å². The molecule has 0 saturated carbocycles. The van der Waals surface area contributed by atoms with Crippen molar-refractivity contribution in [1.29, 1.82) is 0 Å². The Morgan fingerprint density at radius 1 is 1.07 bits per heavy atom. The van der Waals surface area contributed by atoms with Crippen LogP contribution in [0, 0.1) is 6.92 Å². The second-order valence-corrected chi connectivity index (χ2v) is 9.16. The van der Waals surface area contributed by atoms with Gasteiger partial charge in [-0.2, -0.15) is 4.31 Å². The predicted molar refractivity (Wildman–Crippen MR) is 110 cm³/mol. The molecule has 1 aromatic carbocycles. The van der Waals surface area contributed by atoms with Gasteiger partial charge in [-0.25, -0.2) is 13.2 Å². The molecule has 2 aromatic rings. The van der Waals surface area contributed by atoms with E-state index in [1.165, 1.54) is 39.9 Å². The fourth-order valence-corrected chi connectivity index (χ4v) is 4.72. The SMILES string of the molecule is CCN(CC)S(=O)(=O)c1ccc(/C=C/C(=O)OCC(=O)c2ccc(C)s2)cc1. The van der Waals surface area contributed by atoms with Crippen LogP contribution >= 0.6 is 11.3 Å². The Balaban J connectivity index is 1.95. The summed E-state index contributed by atoms with van der Waals surface area (Å²) in [5.74, 6) is -0.882. The first-order valence-corrected chi connectivity index (χ1v) is 11.1. The lowest BCUT2D eigenvalue weighted by molar-refractivity contribution is -0.136. The molecule has 2 rings (SSSR count). The average molecular weight is 422 g/mol. The number of nitrogens with zero attached hydrogens (tertiary/aromatic N) is 1. The number of carbonyl (C=O) groups excluding carboxylic acids is 2. The van der Waals surface area contributed by atoms with Gasteiger partial charge >= 0.3 is 5.97 Å². The fourth-order valence-electron chi connectivity index (χ4n) is 2.47. The van der Waals surface area contributed by atoms with Gasteiger partial charge in [-0.05, 0) is 42.8 Å². The smallest absolute Gasteiger partial charge is 0.331 e. The molecule has 0 atom stereocenters. The molecule has 6 nitrogen and oxygen atoms in total. The quantitative estimate of drug-likeness (QED) is 0.352. The molecule has 0 amide bonds. The molecule has 150 valence electrons. The molecule has 1 aromatic heterocycles. The molecule has 0 N–H and O–H groups in total. The summed E-state index contributed by atoms with van der Waals surface area (Å²) in [4.78, 5) is 25.5. The highest BCUT2D eigenvalue weighted by molar-refractivity contribution is 7.89. The molecular weight excluding hydrogens is 398 g/mol. The summed E-state index contributed by atoms with van der Waals surface area (Å²) in [5.41, 5.74) is 0.649. The minimum absolute atomic E-state index is 0.202. The first-order chi connectivity index (χ1) is 13.3. The lowest BCUT2D eigenvalue weighted by atomic mass is 10.2. The van der Waals surface area contributed by atoms with Gasteiger partial charge in [0.15, 0.2) is 6.61 Å². The molecule has 0 unspecified atom stereocenters. The van der Waals surface area contributed by atoms with E-state index in [1.807, 2.05) is 13.0 Å². The molecule has 8 heteroatoms. The molecule has 0 bridgehead atoms. The molecule has 0 aliphatic rings. The van der Waals surface area contributed by atoms with Crippen molar-refractivity contribution in [1.82, 2.24) is 4.31 Å². The van der Waals surface area contributed by atoms with E-state index in [9.17, 15) is 18.0 Å². The summed E-state index contributed by atoms with van der Waals surface area (Å²) >= 11 is 1.35. The summed E-state index contributed by atoms with van der Waals surface area (Å²) in [7, 11) is -3.51. The van der Waals surface area contributed by atoms with Crippen molar-refractivity contribution in [3.63, 3.8) is 0 Å². The number of hydrogen-bond acceptors (Lipinski definition) is 6.